The van der Waals surface area contributed by atoms with Crippen LogP contribution in [0.15, 0.2) is 48.5 Å². The Kier molecular flexibility index (Phi) is 8.28. The van der Waals surface area contributed by atoms with E-state index in [1.807, 2.05) is 0 Å². The lowest BCUT2D eigenvalue weighted by atomic mass is 10.3. The van der Waals surface area contributed by atoms with Gasteiger partial charge in [-0.1, -0.05) is 60.1 Å². The van der Waals surface area contributed by atoms with Gasteiger partial charge in [-0.25, -0.2) is 0 Å². The second kappa shape index (κ2) is 10.7. The number of benzene rings is 2. The van der Waals surface area contributed by atoms with Crippen molar-refractivity contribution in [3.63, 3.8) is 0 Å². The lowest BCUT2D eigenvalue weighted by molar-refractivity contribution is 0.198. The summed E-state index contributed by atoms with van der Waals surface area (Å²) in [6.07, 6.45) is 5.11. The number of fused-ring (bicyclic) bond motifs is 2. The van der Waals surface area contributed by atoms with Crippen LogP contribution in [0.5, 0.6) is 0 Å². The highest BCUT2D eigenvalue weighted by Crippen LogP contribution is 2.00. The van der Waals surface area contributed by atoms with Gasteiger partial charge in [-0.3, -0.25) is 0 Å². The van der Waals surface area contributed by atoms with E-state index in [1.54, 1.807) is 17.7 Å². The van der Waals surface area contributed by atoms with E-state index < -0.39 is 28.3 Å². The number of hydrogen-bond acceptors (Lipinski definition) is 2. The third-order valence-electron chi connectivity index (χ3n) is 5.51. The largest absolute Gasteiger partial charge is 0.381 e. The van der Waals surface area contributed by atoms with Crippen molar-refractivity contribution < 1.29 is 9.47 Å². The van der Waals surface area contributed by atoms with Crippen LogP contribution in [-0.2, 0) is 9.47 Å². The quantitative estimate of drug-likeness (QED) is 0.652. The van der Waals surface area contributed by atoms with Crippen LogP contribution in [0.3, 0.4) is 0 Å². The maximum atomic E-state index is 4.94. The number of ether oxygens (including phenoxy) is 2. The molecule has 4 heteroatoms. The number of hydrogen-bond donors (Lipinski definition) is 0. The van der Waals surface area contributed by atoms with Crippen molar-refractivity contribution >= 4 is 46.0 Å². The molecule has 0 unspecified atom stereocenters. The summed E-state index contributed by atoms with van der Waals surface area (Å²) in [5.74, 6) is 4.94. The molecule has 5 rings (SSSR count). The maximum Gasteiger partial charge on any atom is 0.338 e. The first kappa shape index (κ1) is 20.2. The monoisotopic (exact) mass is 380 g/mol. The van der Waals surface area contributed by atoms with Crippen molar-refractivity contribution in [3.05, 3.63) is 48.5 Å². The normalized spacial score (nSPS) is 17.5. The van der Waals surface area contributed by atoms with Crippen molar-refractivity contribution in [1.82, 2.24) is 0 Å². The van der Waals surface area contributed by atoms with Crippen LogP contribution in [0.2, 0.25) is 11.6 Å². The Morgan fingerprint density at radius 1 is 0.538 bits per heavy atom. The van der Waals surface area contributed by atoms with Crippen molar-refractivity contribution in [2.45, 2.75) is 37.3 Å². The SMILES string of the molecule is C1CCOC1.C1CCOC1.[CH3][Al]1[c]2cccc[c]2[Al]([CH3])[c]2cccc[c]21. The van der Waals surface area contributed by atoms with E-state index in [0.717, 1.165) is 26.4 Å². The van der Waals surface area contributed by atoms with Gasteiger partial charge in [-0.2, -0.15) is 0 Å². The molecule has 0 atom stereocenters. The van der Waals surface area contributed by atoms with E-state index in [-0.39, 0.29) is 0 Å². The summed E-state index contributed by atoms with van der Waals surface area (Å²) >= 11 is -1.79. The minimum Gasteiger partial charge on any atom is -0.381 e. The molecule has 0 bridgehead atoms. The van der Waals surface area contributed by atoms with E-state index in [0.29, 0.717) is 0 Å². The maximum absolute atomic E-state index is 4.94. The molecule has 3 aliphatic rings. The van der Waals surface area contributed by atoms with Crippen molar-refractivity contribution in [3.8, 4) is 0 Å². The van der Waals surface area contributed by atoms with Crippen LogP contribution in [0.1, 0.15) is 25.7 Å². The molecule has 136 valence electrons. The van der Waals surface area contributed by atoms with Gasteiger partial charge in [0.1, 0.15) is 0 Å². The summed E-state index contributed by atoms with van der Waals surface area (Å²) in [5.41, 5.74) is 0. The van der Waals surface area contributed by atoms with Crippen LogP contribution in [0, 0.1) is 0 Å². The molecule has 0 saturated carbocycles. The Morgan fingerprint density at radius 2 is 0.808 bits per heavy atom. The van der Waals surface area contributed by atoms with Gasteiger partial charge < -0.3 is 9.47 Å². The molecule has 2 saturated heterocycles. The van der Waals surface area contributed by atoms with Gasteiger partial charge in [-0.05, 0) is 25.7 Å². The molecular weight excluding hydrogens is 350 g/mol. The van der Waals surface area contributed by atoms with Gasteiger partial charge in [0.2, 0.25) is 0 Å². The first-order valence-corrected chi connectivity index (χ1v) is 14.7. The van der Waals surface area contributed by atoms with Crippen LogP contribution in [0.4, 0.5) is 0 Å². The first-order chi connectivity index (χ1) is 12.8. The molecule has 2 fully saturated rings. The molecule has 0 aliphatic carbocycles. The Morgan fingerprint density at radius 3 is 1.00 bits per heavy atom. The zero-order chi connectivity index (χ0) is 18.2. The molecule has 0 spiro atoms. The minimum absolute atomic E-state index is 0.894. The molecule has 0 N–H and O–H groups in total. The fourth-order valence-electron chi connectivity index (χ4n) is 3.95. The van der Waals surface area contributed by atoms with Gasteiger partial charge in [0, 0.05) is 26.4 Å². The third kappa shape index (κ3) is 5.24. The van der Waals surface area contributed by atoms with Crippen molar-refractivity contribution in [2.75, 3.05) is 26.4 Å². The Balaban J connectivity index is 0.000000159. The predicted molar refractivity (Wildman–Crippen MR) is 115 cm³/mol. The zero-order valence-corrected chi connectivity index (χ0v) is 18.6. The third-order valence-corrected chi connectivity index (χ3v) is 12.0. The van der Waals surface area contributed by atoms with Crippen LogP contribution in [-0.4, -0.2) is 54.7 Å². The van der Waals surface area contributed by atoms with Crippen LogP contribution < -0.4 is 17.7 Å². The summed E-state index contributed by atoms with van der Waals surface area (Å²) in [4.78, 5) is 0. The summed E-state index contributed by atoms with van der Waals surface area (Å²) < 4.78 is 16.7. The van der Waals surface area contributed by atoms with Crippen LogP contribution in [0.25, 0.3) is 0 Å². The Hall–Kier alpha value is -0.575. The zero-order valence-electron chi connectivity index (χ0n) is 16.2. The van der Waals surface area contributed by atoms with E-state index in [4.69, 9.17) is 9.47 Å². The molecular formula is C22H30Al2O2. The highest BCUT2D eigenvalue weighted by molar-refractivity contribution is 7.01. The Bertz CT molecular complexity index is 561. The van der Waals surface area contributed by atoms with Gasteiger partial charge in [0.05, 0.1) is 0 Å². The molecule has 0 radical (unpaired) electrons. The molecule has 3 aliphatic heterocycles. The summed E-state index contributed by atoms with van der Waals surface area (Å²) in [6, 6.07) is 18.3. The van der Waals surface area contributed by atoms with Crippen molar-refractivity contribution in [2.24, 2.45) is 0 Å². The molecule has 0 aromatic heterocycles. The minimum atomic E-state index is -0.894. The van der Waals surface area contributed by atoms with E-state index in [2.05, 4.69) is 60.1 Å². The van der Waals surface area contributed by atoms with Gasteiger partial charge in [0.15, 0.2) is 0 Å². The second-order valence-electron chi connectivity index (χ2n) is 7.34. The summed E-state index contributed by atoms with van der Waals surface area (Å²) in [6.45, 7) is 4.00. The van der Waals surface area contributed by atoms with Gasteiger partial charge in [-0.15, -0.1) is 17.7 Å². The average molecular weight is 380 g/mol. The van der Waals surface area contributed by atoms with Crippen LogP contribution >= 0.6 is 0 Å². The molecule has 0 amide bonds. The predicted octanol–water partition coefficient (Wildman–Crippen LogP) is 2.07. The summed E-state index contributed by atoms with van der Waals surface area (Å²) in [7, 11) is 0. The molecule has 2 aromatic carbocycles. The lowest BCUT2D eigenvalue weighted by Crippen LogP contribution is -2.66. The van der Waals surface area contributed by atoms with E-state index in [9.17, 15) is 0 Å². The molecule has 26 heavy (non-hydrogen) atoms. The average Bonchev–Trinajstić information content (AvgIpc) is 3.45. The highest BCUT2D eigenvalue weighted by atomic mass is 27.2. The molecule has 2 nitrogen and oxygen atoms in total. The van der Waals surface area contributed by atoms with Gasteiger partial charge in [0.25, 0.3) is 0 Å². The lowest BCUT2D eigenvalue weighted by Gasteiger charge is -2.26. The van der Waals surface area contributed by atoms with Crippen molar-refractivity contribution in [1.29, 1.82) is 0 Å². The second-order valence-corrected chi connectivity index (χ2v) is 12.7. The Labute approximate surface area is 167 Å². The molecule has 3 heterocycles. The number of rotatable bonds is 0. The topological polar surface area (TPSA) is 18.5 Å². The van der Waals surface area contributed by atoms with E-state index in [1.165, 1.54) is 25.7 Å². The smallest absolute Gasteiger partial charge is 0.338 e. The molecule has 2 aromatic rings. The van der Waals surface area contributed by atoms with Gasteiger partial charge >= 0.3 is 28.3 Å². The fourth-order valence-corrected chi connectivity index (χ4v) is 11.6. The highest BCUT2D eigenvalue weighted by Gasteiger charge is 2.33. The van der Waals surface area contributed by atoms with E-state index >= 15 is 0 Å². The standard InChI is InChI=1S/2C6H4.2C4H8O.2CH3.2Al/c2*1-2-4-6-5-3-1;2*1-2-4-5-3-1;;;;/h2*1-4H;2*1-4H2;2*1H3;;. The first-order valence-electron chi connectivity index (χ1n) is 10.1. The summed E-state index contributed by atoms with van der Waals surface area (Å²) in [5, 5.41) is 0. The fraction of sp³-hybridized carbons (Fsp3) is 0.455.